The third-order valence-electron chi connectivity index (χ3n) is 1.76. The van der Waals surface area contributed by atoms with Crippen LogP contribution >= 0.6 is 0 Å². The minimum absolute atomic E-state index is 0.00858. The molecule has 0 aromatic heterocycles. The molecule has 0 saturated heterocycles. The van der Waals surface area contributed by atoms with Gasteiger partial charge in [0.1, 0.15) is 5.82 Å². The van der Waals surface area contributed by atoms with E-state index in [1.807, 2.05) is 0 Å². The molecule has 0 bridgehead atoms. The van der Waals surface area contributed by atoms with Crippen LogP contribution in [0.25, 0.3) is 0 Å². The molecule has 0 heterocycles. The summed E-state index contributed by atoms with van der Waals surface area (Å²) in [5, 5.41) is 2.47. The summed E-state index contributed by atoms with van der Waals surface area (Å²) < 4.78 is 36.4. The second kappa shape index (κ2) is 4.85. The lowest BCUT2D eigenvalue weighted by Crippen LogP contribution is -2.21. The van der Waals surface area contributed by atoms with Gasteiger partial charge >= 0.3 is 0 Å². The molecule has 0 unspecified atom stereocenters. The van der Waals surface area contributed by atoms with Crippen molar-refractivity contribution < 1.29 is 13.2 Å². The van der Waals surface area contributed by atoms with Gasteiger partial charge in [-0.2, -0.15) is 0 Å². The summed E-state index contributed by atoms with van der Waals surface area (Å²) in [4.78, 5) is 0. The molecule has 78 valence electrons. The first-order valence-electron chi connectivity index (χ1n) is 4.13. The summed E-state index contributed by atoms with van der Waals surface area (Å²) in [6.45, 7) is -0.274. The summed E-state index contributed by atoms with van der Waals surface area (Å²) in [7, 11) is 0. The van der Waals surface area contributed by atoms with Crippen LogP contribution in [0.3, 0.4) is 0 Å². The van der Waals surface area contributed by atoms with Gasteiger partial charge in [0, 0.05) is 6.54 Å². The van der Waals surface area contributed by atoms with E-state index in [4.69, 9.17) is 5.73 Å². The summed E-state index contributed by atoms with van der Waals surface area (Å²) in [5.41, 5.74) is 5.90. The van der Waals surface area contributed by atoms with Crippen molar-refractivity contribution in [1.29, 1.82) is 0 Å². The van der Waals surface area contributed by atoms with Crippen molar-refractivity contribution in [1.82, 2.24) is 5.32 Å². The maximum Gasteiger partial charge on any atom is 0.250 e. The molecule has 0 atom stereocenters. The predicted octanol–water partition coefficient (Wildman–Crippen LogP) is 1.76. The molecule has 5 heteroatoms. The first kappa shape index (κ1) is 10.8. The van der Waals surface area contributed by atoms with Crippen LogP contribution in [0.4, 0.5) is 18.9 Å². The Bertz CT molecular complexity index is 302. The second-order valence-corrected chi connectivity index (χ2v) is 2.83. The highest BCUT2D eigenvalue weighted by atomic mass is 19.3. The summed E-state index contributed by atoms with van der Waals surface area (Å²) in [6, 6.07) is 4.31. The monoisotopic (exact) mass is 204 g/mol. The van der Waals surface area contributed by atoms with Crippen molar-refractivity contribution in [3.8, 4) is 0 Å². The van der Waals surface area contributed by atoms with Crippen LogP contribution in [-0.2, 0) is 6.54 Å². The quantitative estimate of drug-likeness (QED) is 0.733. The minimum Gasteiger partial charge on any atom is -0.396 e. The molecule has 0 saturated carbocycles. The number of hydrogen-bond acceptors (Lipinski definition) is 2. The normalized spacial score (nSPS) is 10.9. The average molecular weight is 204 g/mol. The Labute approximate surface area is 79.9 Å². The lowest BCUT2D eigenvalue weighted by molar-refractivity contribution is 0.145. The maximum atomic E-state index is 12.9. The highest BCUT2D eigenvalue weighted by molar-refractivity contribution is 5.47. The van der Waals surface area contributed by atoms with Crippen molar-refractivity contribution in [2.75, 3.05) is 12.3 Å². The van der Waals surface area contributed by atoms with E-state index >= 15 is 0 Å². The van der Waals surface area contributed by atoms with E-state index in [1.54, 1.807) is 6.07 Å². The third-order valence-corrected chi connectivity index (χ3v) is 1.76. The molecule has 0 spiro atoms. The first-order chi connectivity index (χ1) is 6.61. The SMILES string of the molecule is Nc1c(F)cccc1CNCC(F)F. The molecule has 3 N–H and O–H groups in total. The lowest BCUT2D eigenvalue weighted by atomic mass is 10.2. The molecule has 14 heavy (non-hydrogen) atoms. The number of halogens is 3. The smallest absolute Gasteiger partial charge is 0.250 e. The average Bonchev–Trinajstić information content (AvgIpc) is 2.12. The molecule has 0 fully saturated rings. The highest BCUT2D eigenvalue weighted by Crippen LogP contribution is 2.15. The van der Waals surface area contributed by atoms with Crippen LogP contribution in [0.15, 0.2) is 18.2 Å². The van der Waals surface area contributed by atoms with E-state index in [-0.39, 0.29) is 12.2 Å². The standard InChI is InChI=1S/C9H11F3N2/c10-7-3-1-2-6(9(7)13)4-14-5-8(11)12/h1-3,8,14H,4-5,13H2. The number of anilines is 1. The van der Waals surface area contributed by atoms with Crippen molar-refractivity contribution in [3.05, 3.63) is 29.6 Å². The van der Waals surface area contributed by atoms with Crippen LogP contribution < -0.4 is 11.1 Å². The molecule has 1 rings (SSSR count). The van der Waals surface area contributed by atoms with E-state index in [9.17, 15) is 13.2 Å². The Hall–Kier alpha value is -1.23. The summed E-state index contributed by atoms with van der Waals surface area (Å²) in [5.74, 6) is -0.527. The first-order valence-corrected chi connectivity index (χ1v) is 4.13. The Morgan fingerprint density at radius 1 is 1.36 bits per heavy atom. The molecular formula is C9H11F3N2. The fraction of sp³-hybridized carbons (Fsp3) is 0.333. The Morgan fingerprint density at radius 3 is 2.71 bits per heavy atom. The van der Waals surface area contributed by atoms with Gasteiger partial charge in [0.25, 0.3) is 6.43 Å². The van der Waals surface area contributed by atoms with Gasteiger partial charge in [-0.1, -0.05) is 12.1 Å². The molecule has 1 aromatic carbocycles. The zero-order valence-electron chi connectivity index (χ0n) is 7.43. The van der Waals surface area contributed by atoms with Crippen LogP contribution in [-0.4, -0.2) is 13.0 Å². The van der Waals surface area contributed by atoms with Crippen molar-refractivity contribution >= 4 is 5.69 Å². The minimum atomic E-state index is -2.41. The molecule has 0 aliphatic carbocycles. The van der Waals surface area contributed by atoms with Crippen LogP contribution in [0.2, 0.25) is 0 Å². The number of para-hydroxylation sites is 1. The Kier molecular flexibility index (Phi) is 3.76. The number of nitrogens with two attached hydrogens (primary N) is 1. The van der Waals surface area contributed by atoms with Crippen LogP contribution in [0, 0.1) is 5.82 Å². The third kappa shape index (κ3) is 2.92. The fourth-order valence-electron chi connectivity index (χ4n) is 1.05. The van der Waals surface area contributed by atoms with E-state index in [0.717, 1.165) is 0 Å². The molecule has 0 radical (unpaired) electrons. The van der Waals surface area contributed by atoms with Crippen LogP contribution in [0.1, 0.15) is 5.56 Å². The van der Waals surface area contributed by atoms with Crippen LogP contribution in [0.5, 0.6) is 0 Å². The van der Waals surface area contributed by atoms with Gasteiger partial charge in [-0.15, -0.1) is 0 Å². The number of rotatable bonds is 4. The van der Waals surface area contributed by atoms with Crippen molar-refractivity contribution in [2.24, 2.45) is 0 Å². The van der Waals surface area contributed by atoms with Gasteiger partial charge in [0.15, 0.2) is 0 Å². The zero-order valence-corrected chi connectivity index (χ0v) is 7.43. The largest absolute Gasteiger partial charge is 0.396 e. The Balaban J connectivity index is 2.54. The van der Waals surface area contributed by atoms with Gasteiger partial charge in [-0.05, 0) is 11.6 Å². The molecule has 0 aliphatic heterocycles. The molecule has 1 aromatic rings. The van der Waals surface area contributed by atoms with Gasteiger partial charge < -0.3 is 11.1 Å². The molecule has 2 nitrogen and oxygen atoms in total. The fourth-order valence-corrected chi connectivity index (χ4v) is 1.05. The predicted molar refractivity (Wildman–Crippen MR) is 48.5 cm³/mol. The molecule has 0 amide bonds. The number of nitrogen functional groups attached to an aromatic ring is 1. The van der Waals surface area contributed by atoms with E-state index in [2.05, 4.69) is 5.32 Å². The van der Waals surface area contributed by atoms with E-state index in [0.29, 0.717) is 5.56 Å². The summed E-state index contributed by atoms with van der Waals surface area (Å²) in [6.07, 6.45) is -2.41. The topological polar surface area (TPSA) is 38.0 Å². The van der Waals surface area contributed by atoms with Gasteiger partial charge in [0.05, 0.1) is 12.2 Å². The highest BCUT2D eigenvalue weighted by Gasteiger charge is 2.05. The zero-order chi connectivity index (χ0) is 10.6. The van der Waals surface area contributed by atoms with E-state index < -0.39 is 18.8 Å². The number of alkyl halides is 2. The van der Waals surface area contributed by atoms with Crippen molar-refractivity contribution in [3.63, 3.8) is 0 Å². The molecular weight excluding hydrogens is 193 g/mol. The van der Waals surface area contributed by atoms with Gasteiger partial charge in [-0.3, -0.25) is 0 Å². The maximum absolute atomic E-state index is 12.9. The molecule has 0 aliphatic rings. The van der Waals surface area contributed by atoms with E-state index in [1.165, 1.54) is 12.1 Å². The van der Waals surface area contributed by atoms with Gasteiger partial charge in [-0.25, -0.2) is 13.2 Å². The number of hydrogen-bond donors (Lipinski definition) is 2. The number of benzene rings is 1. The second-order valence-electron chi connectivity index (χ2n) is 2.83. The lowest BCUT2D eigenvalue weighted by Gasteiger charge is -2.07. The van der Waals surface area contributed by atoms with Gasteiger partial charge in [0.2, 0.25) is 0 Å². The van der Waals surface area contributed by atoms with Crippen molar-refractivity contribution in [2.45, 2.75) is 13.0 Å². The Morgan fingerprint density at radius 2 is 2.07 bits per heavy atom. The number of nitrogens with one attached hydrogen (secondary N) is 1. The summed E-state index contributed by atoms with van der Waals surface area (Å²) >= 11 is 0.